The number of ether oxygens (including phenoxy) is 2. The largest absolute Gasteiger partial charge is 0.385 e. The topological polar surface area (TPSA) is 46.1 Å². The highest BCUT2D eigenvalue weighted by atomic mass is 127. The van der Waals surface area contributed by atoms with Crippen LogP contribution in [0.3, 0.4) is 0 Å². The molecule has 28 heavy (non-hydrogen) atoms. The summed E-state index contributed by atoms with van der Waals surface area (Å²) in [6.07, 6.45) is 3.80. The molecule has 1 N–H and O–H groups in total. The number of hydrogen-bond acceptors (Lipinski definition) is 3. The number of hydrogen-bond donors (Lipinski definition) is 1. The van der Waals surface area contributed by atoms with E-state index in [4.69, 9.17) is 9.47 Å². The average Bonchev–Trinajstić information content (AvgIpc) is 3.42. The van der Waals surface area contributed by atoms with E-state index in [1.54, 1.807) is 14.2 Å². The number of aliphatic imine (C=N–C) groups is 1. The number of halogens is 3. The molecule has 2 fully saturated rings. The van der Waals surface area contributed by atoms with Crippen LogP contribution in [-0.4, -0.2) is 63.5 Å². The molecule has 0 amide bonds. The van der Waals surface area contributed by atoms with Gasteiger partial charge in [0.25, 0.3) is 0 Å². The lowest BCUT2D eigenvalue weighted by molar-refractivity contribution is 0.00989. The molecule has 1 saturated heterocycles. The van der Waals surface area contributed by atoms with Crippen molar-refractivity contribution in [3.05, 3.63) is 35.4 Å². The first kappa shape index (κ1) is 23.3. The van der Waals surface area contributed by atoms with E-state index in [2.05, 4.69) is 15.2 Å². The molecule has 0 radical (unpaired) electrons. The molecule has 1 aromatic carbocycles. The second kappa shape index (κ2) is 11.3. The molecular weight excluding hydrogens is 479 g/mol. The number of methoxy groups -OCH3 is 1. The highest BCUT2D eigenvalue weighted by Crippen LogP contribution is 2.43. The quantitative estimate of drug-likeness (QED) is 0.265. The summed E-state index contributed by atoms with van der Waals surface area (Å²) in [4.78, 5) is 6.56. The van der Waals surface area contributed by atoms with Crippen molar-refractivity contribution in [2.75, 3.05) is 40.5 Å². The third-order valence-corrected chi connectivity index (χ3v) is 5.28. The molecule has 0 aromatic heterocycles. The molecule has 2 atom stereocenters. The Morgan fingerprint density at radius 1 is 1.21 bits per heavy atom. The fourth-order valence-corrected chi connectivity index (χ4v) is 3.69. The van der Waals surface area contributed by atoms with Gasteiger partial charge in [0.05, 0.1) is 6.10 Å². The highest BCUT2D eigenvalue weighted by molar-refractivity contribution is 14.0. The summed E-state index contributed by atoms with van der Waals surface area (Å²) in [6, 6.07) is 4.07. The lowest BCUT2D eigenvalue weighted by Gasteiger charge is -2.34. The van der Waals surface area contributed by atoms with Gasteiger partial charge in [-0.05, 0) is 37.8 Å². The Labute approximate surface area is 182 Å². The van der Waals surface area contributed by atoms with Crippen molar-refractivity contribution < 1.29 is 18.3 Å². The summed E-state index contributed by atoms with van der Waals surface area (Å²) in [5.41, 5.74) is 0.189. The van der Waals surface area contributed by atoms with Crippen LogP contribution in [0.15, 0.2) is 23.2 Å². The summed E-state index contributed by atoms with van der Waals surface area (Å²) >= 11 is 0. The number of guanidine groups is 1. The summed E-state index contributed by atoms with van der Waals surface area (Å²) in [5, 5.41) is 3.37. The van der Waals surface area contributed by atoms with Gasteiger partial charge in [-0.1, -0.05) is 6.07 Å². The number of likely N-dealkylation sites (tertiary alicyclic amines) is 1. The molecule has 1 heterocycles. The summed E-state index contributed by atoms with van der Waals surface area (Å²) in [5.74, 6) is -0.266. The van der Waals surface area contributed by atoms with Crippen molar-refractivity contribution in [1.82, 2.24) is 10.2 Å². The Hall–Kier alpha value is -1.00. The normalized spacial score (nSPS) is 22.7. The maximum absolute atomic E-state index is 14.0. The predicted octanol–water partition coefficient (Wildman–Crippen LogP) is 3.53. The van der Waals surface area contributed by atoms with Gasteiger partial charge in [-0.3, -0.25) is 4.99 Å². The molecule has 5 nitrogen and oxygen atoms in total. The second-order valence-corrected chi connectivity index (χ2v) is 7.18. The molecule has 3 rings (SSSR count). The zero-order valence-corrected chi connectivity index (χ0v) is 18.8. The van der Waals surface area contributed by atoms with E-state index in [1.807, 2.05) is 0 Å². The molecule has 0 bridgehead atoms. The molecule has 1 saturated carbocycles. The fraction of sp³-hybridized carbons (Fsp3) is 0.650. The molecule has 1 aromatic rings. The summed E-state index contributed by atoms with van der Waals surface area (Å²) < 4.78 is 38.8. The van der Waals surface area contributed by atoms with E-state index in [0.717, 1.165) is 57.9 Å². The van der Waals surface area contributed by atoms with Crippen molar-refractivity contribution in [2.24, 2.45) is 4.99 Å². The first-order chi connectivity index (χ1) is 13.1. The maximum Gasteiger partial charge on any atom is 0.193 e. The van der Waals surface area contributed by atoms with Crippen molar-refractivity contribution in [3.63, 3.8) is 0 Å². The predicted molar refractivity (Wildman–Crippen MR) is 116 cm³/mol. The van der Waals surface area contributed by atoms with Crippen molar-refractivity contribution in [2.45, 2.75) is 43.7 Å². The molecule has 2 unspecified atom stereocenters. The van der Waals surface area contributed by atoms with Crippen LogP contribution >= 0.6 is 24.0 Å². The Kier molecular flexibility index (Phi) is 9.36. The van der Waals surface area contributed by atoms with E-state index in [1.165, 1.54) is 18.2 Å². The van der Waals surface area contributed by atoms with Gasteiger partial charge >= 0.3 is 0 Å². The zero-order valence-electron chi connectivity index (χ0n) is 16.5. The zero-order chi connectivity index (χ0) is 19.2. The van der Waals surface area contributed by atoms with Crippen LogP contribution in [0, 0.1) is 11.6 Å². The van der Waals surface area contributed by atoms with Gasteiger partial charge < -0.3 is 19.7 Å². The van der Waals surface area contributed by atoms with E-state index in [-0.39, 0.29) is 47.6 Å². The third-order valence-electron chi connectivity index (χ3n) is 5.28. The van der Waals surface area contributed by atoms with Gasteiger partial charge in [-0.2, -0.15) is 0 Å². The summed E-state index contributed by atoms with van der Waals surface area (Å²) in [6.45, 7) is 3.17. The van der Waals surface area contributed by atoms with Gasteiger partial charge in [-0.25, -0.2) is 8.78 Å². The van der Waals surface area contributed by atoms with Gasteiger partial charge in [0.2, 0.25) is 0 Å². The fourth-order valence-electron chi connectivity index (χ4n) is 3.69. The van der Waals surface area contributed by atoms with E-state index < -0.39 is 11.6 Å². The maximum atomic E-state index is 14.0. The standard InChI is InChI=1S/C20H29F2N3O2.HI/c1-23-20(25-9-7-14(8-10-25)27-12-4-11-26-2)24-18-13-15(18)19-16(21)5-3-6-17(19)22;/h3,5-6,14-15,18H,4,7-13H2,1-2H3,(H,23,24);1H. The van der Waals surface area contributed by atoms with Crippen molar-refractivity contribution in [1.29, 1.82) is 0 Å². The lowest BCUT2D eigenvalue weighted by Crippen LogP contribution is -2.47. The van der Waals surface area contributed by atoms with Crippen LogP contribution in [0.1, 0.15) is 37.2 Å². The minimum absolute atomic E-state index is 0. The molecule has 1 aliphatic carbocycles. The highest BCUT2D eigenvalue weighted by Gasteiger charge is 2.43. The minimum atomic E-state index is -0.467. The molecule has 0 spiro atoms. The Balaban J connectivity index is 0.00000280. The van der Waals surface area contributed by atoms with Crippen LogP contribution in [0.25, 0.3) is 0 Å². The van der Waals surface area contributed by atoms with Gasteiger partial charge in [0, 0.05) is 58.0 Å². The van der Waals surface area contributed by atoms with Crippen LogP contribution < -0.4 is 5.32 Å². The Morgan fingerprint density at radius 2 is 1.89 bits per heavy atom. The Morgan fingerprint density at radius 3 is 2.50 bits per heavy atom. The Bertz CT molecular complexity index is 634. The number of nitrogens with one attached hydrogen (secondary N) is 1. The van der Waals surface area contributed by atoms with E-state index in [9.17, 15) is 8.78 Å². The van der Waals surface area contributed by atoms with Gasteiger partial charge in [-0.15, -0.1) is 24.0 Å². The van der Waals surface area contributed by atoms with Crippen molar-refractivity contribution in [3.8, 4) is 0 Å². The summed E-state index contributed by atoms with van der Waals surface area (Å²) in [7, 11) is 3.44. The molecule has 1 aliphatic heterocycles. The number of rotatable bonds is 7. The minimum Gasteiger partial charge on any atom is -0.385 e. The molecule has 2 aliphatic rings. The van der Waals surface area contributed by atoms with Crippen molar-refractivity contribution >= 4 is 29.9 Å². The third kappa shape index (κ3) is 6.00. The monoisotopic (exact) mass is 509 g/mol. The van der Waals surface area contributed by atoms with Crippen LogP contribution in [0.4, 0.5) is 8.78 Å². The number of nitrogens with zero attached hydrogens (tertiary/aromatic N) is 2. The first-order valence-corrected chi connectivity index (χ1v) is 9.66. The lowest BCUT2D eigenvalue weighted by atomic mass is 10.1. The van der Waals surface area contributed by atoms with E-state index >= 15 is 0 Å². The van der Waals surface area contributed by atoms with Crippen LogP contribution in [-0.2, 0) is 9.47 Å². The first-order valence-electron chi connectivity index (χ1n) is 9.66. The van der Waals surface area contributed by atoms with Gasteiger partial charge in [0.1, 0.15) is 11.6 Å². The van der Waals surface area contributed by atoms with Crippen LogP contribution in [0.2, 0.25) is 0 Å². The number of benzene rings is 1. The molecule has 158 valence electrons. The molecule has 8 heteroatoms. The smallest absolute Gasteiger partial charge is 0.193 e. The van der Waals surface area contributed by atoms with Crippen LogP contribution in [0.5, 0.6) is 0 Å². The SMILES string of the molecule is CN=C(NC1CC1c1c(F)cccc1F)N1CCC(OCCCOC)CC1.I. The molecular formula is C20H30F2IN3O2. The van der Waals surface area contributed by atoms with E-state index in [0.29, 0.717) is 0 Å². The van der Waals surface area contributed by atoms with Gasteiger partial charge in [0.15, 0.2) is 5.96 Å². The second-order valence-electron chi connectivity index (χ2n) is 7.18. The number of piperidine rings is 1. The average molecular weight is 509 g/mol.